The van der Waals surface area contributed by atoms with E-state index in [-0.39, 0.29) is 33.8 Å². The average molecular weight is 834 g/mol. The van der Waals surface area contributed by atoms with Crippen molar-refractivity contribution in [3.63, 3.8) is 0 Å². The molecule has 53 heavy (non-hydrogen) atoms. The third kappa shape index (κ3) is 15.3. The lowest BCUT2D eigenvalue weighted by atomic mass is 10.0. The standard InChI is InChI=1S/C21H26F2N2S.C15H13BrF2S.C6H14N2/c1-15-13-25(14-16(2)24-15)11-12-26-21(17-3-7-19(22)8-4-17)18-5-9-20(23)10-6-18;16-9-10-19-15(11-1-5-13(17)6-2-11)12-3-7-14(18)8-4-12;1-5-3-7-4-6(2)8-5/h3-10,15-16,21,24H,11-14H2,1-2H3;1-8,15H,9-10H2;5-8H,3-4H2,1-2H3/t15-,16+;;5-,6+. The molecular formula is C42H53BrF4N4S2. The zero-order chi connectivity index (χ0) is 38.2. The number of nitrogens with zero attached hydrogens (tertiary/aromatic N) is 1. The molecule has 0 amide bonds. The summed E-state index contributed by atoms with van der Waals surface area (Å²) in [5, 5.41) is 11.3. The normalized spacial score (nSPS) is 20.4. The zero-order valence-corrected chi connectivity index (χ0v) is 34.2. The van der Waals surface area contributed by atoms with Gasteiger partial charge in [0.15, 0.2) is 0 Å². The lowest BCUT2D eigenvalue weighted by Crippen LogP contribution is -2.54. The molecule has 4 aromatic rings. The highest BCUT2D eigenvalue weighted by atomic mass is 79.9. The van der Waals surface area contributed by atoms with Crippen molar-refractivity contribution in [2.75, 3.05) is 49.6 Å². The summed E-state index contributed by atoms with van der Waals surface area (Å²) < 4.78 is 52.6. The van der Waals surface area contributed by atoms with E-state index in [0.29, 0.717) is 24.2 Å². The van der Waals surface area contributed by atoms with E-state index in [2.05, 4.69) is 64.5 Å². The minimum atomic E-state index is -0.243. The first kappa shape index (κ1) is 43.3. The molecule has 3 N–H and O–H groups in total. The molecule has 0 radical (unpaired) electrons. The Kier molecular flexibility index (Phi) is 18.7. The Labute approximate surface area is 330 Å². The minimum Gasteiger partial charge on any atom is -0.314 e. The summed E-state index contributed by atoms with van der Waals surface area (Å²) in [4.78, 5) is 2.49. The highest BCUT2D eigenvalue weighted by molar-refractivity contribution is 9.09. The topological polar surface area (TPSA) is 39.3 Å². The molecule has 0 bridgehead atoms. The van der Waals surface area contributed by atoms with Crippen LogP contribution < -0.4 is 16.0 Å². The maximum absolute atomic E-state index is 13.3. The molecule has 2 heterocycles. The molecule has 2 saturated heterocycles. The first-order valence-electron chi connectivity index (χ1n) is 18.3. The van der Waals surface area contributed by atoms with Crippen LogP contribution in [0.1, 0.15) is 60.4 Å². The number of rotatable bonds is 11. The molecule has 4 aromatic carbocycles. The first-order chi connectivity index (χ1) is 25.5. The number of hydrogen-bond donors (Lipinski definition) is 3. The molecule has 4 nitrogen and oxygen atoms in total. The van der Waals surface area contributed by atoms with Crippen LogP contribution in [0.5, 0.6) is 0 Å². The fourth-order valence-electron chi connectivity index (χ4n) is 6.52. The molecule has 2 aliphatic heterocycles. The van der Waals surface area contributed by atoms with Crippen molar-refractivity contribution in [3.05, 3.63) is 143 Å². The van der Waals surface area contributed by atoms with E-state index in [1.165, 1.54) is 48.5 Å². The second-order valence-electron chi connectivity index (χ2n) is 13.8. The summed E-state index contributed by atoms with van der Waals surface area (Å²) >= 11 is 6.98. The van der Waals surface area contributed by atoms with Crippen LogP contribution in [0, 0.1) is 23.3 Å². The second-order valence-corrected chi connectivity index (χ2v) is 17.0. The summed E-state index contributed by atoms with van der Waals surface area (Å²) in [6.45, 7) is 14.2. The summed E-state index contributed by atoms with van der Waals surface area (Å²) in [5.74, 6) is 0.943. The minimum absolute atomic E-state index is 0.0777. The zero-order valence-electron chi connectivity index (χ0n) is 31.0. The van der Waals surface area contributed by atoms with Gasteiger partial charge >= 0.3 is 0 Å². The molecule has 0 spiro atoms. The molecule has 2 fully saturated rings. The number of thioether (sulfide) groups is 2. The Morgan fingerprint density at radius 3 is 1.17 bits per heavy atom. The fraction of sp³-hybridized carbons (Fsp3) is 0.429. The molecule has 0 aromatic heterocycles. The number of nitrogens with one attached hydrogen (secondary N) is 3. The molecule has 0 unspecified atom stereocenters. The predicted molar refractivity (Wildman–Crippen MR) is 221 cm³/mol. The van der Waals surface area contributed by atoms with Gasteiger partial charge in [0.05, 0.1) is 10.5 Å². The number of halogens is 5. The highest BCUT2D eigenvalue weighted by Crippen LogP contribution is 2.37. The molecule has 0 aliphatic carbocycles. The molecule has 6 rings (SSSR count). The van der Waals surface area contributed by atoms with Gasteiger partial charge in [0.1, 0.15) is 23.3 Å². The van der Waals surface area contributed by atoms with E-state index in [1.54, 1.807) is 36.0 Å². The summed E-state index contributed by atoms with van der Waals surface area (Å²) in [6.07, 6.45) is 0. The van der Waals surface area contributed by atoms with Gasteiger partial charge < -0.3 is 16.0 Å². The molecule has 0 saturated carbocycles. The molecule has 288 valence electrons. The van der Waals surface area contributed by atoms with E-state index in [1.807, 2.05) is 36.0 Å². The van der Waals surface area contributed by atoms with Gasteiger partial charge in [-0.2, -0.15) is 0 Å². The van der Waals surface area contributed by atoms with E-state index in [0.717, 1.165) is 71.8 Å². The maximum atomic E-state index is 13.3. The van der Waals surface area contributed by atoms with Gasteiger partial charge in [0.25, 0.3) is 0 Å². The van der Waals surface area contributed by atoms with Gasteiger partial charge in [0.2, 0.25) is 0 Å². The van der Waals surface area contributed by atoms with Crippen molar-refractivity contribution in [1.82, 2.24) is 20.9 Å². The predicted octanol–water partition coefficient (Wildman–Crippen LogP) is 9.61. The van der Waals surface area contributed by atoms with Crippen LogP contribution in [0.2, 0.25) is 0 Å². The average Bonchev–Trinajstić information content (AvgIpc) is 3.13. The molecular weight excluding hydrogens is 781 g/mol. The van der Waals surface area contributed by atoms with Crippen LogP contribution in [-0.2, 0) is 0 Å². The number of piperazine rings is 2. The Balaban J connectivity index is 0.000000202. The largest absolute Gasteiger partial charge is 0.314 e. The maximum Gasteiger partial charge on any atom is 0.123 e. The molecule has 4 atom stereocenters. The van der Waals surface area contributed by atoms with E-state index >= 15 is 0 Å². The summed E-state index contributed by atoms with van der Waals surface area (Å²) in [5.41, 5.74) is 4.15. The van der Waals surface area contributed by atoms with Crippen molar-refractivity contribution in [2.45, 2.75) is 62.4 Å². The van der Waals surface area contributed by atoms with Crippen molar-refractivity contribution in [1.29, 1.82) is 0 Å². The van der Waals surface area contributed by atoms with Crippen molar-refractivity contribution >= 4 is 39.5 Å². The van der Waals surface area contributed by atoms with Gasteiger partial charge in [-0.25, -0.2) is 17.6 Å². The monoisotopic (exact) mass is 832 g/mol. The lowest BCUT2D eigenvalue weighted by molar-refractivity contribution is 0.183. The third-order valence-corrected chi connectivity index (χ3v) is 12.4. The number of hydrogen-bond acceptors (Lipinski definition) is 6. The Morgan fingerprint density at radius 2 is 0.868 bits per heavy atom. The van der Waals surface area contributed by atoms with Crippen molar-refractivity contribution < 1.29 is 17.6 Å². The SMILES string of the molecule is C[C@@H]1CN(CCSC(c2ccc(F)cc2)c2ccc(F)cc2)C[C@H](C)N1.C[C@@H]1CNC[C@H](C)N1.Fc1ccc(C(SCCBr)c2ccc(F)cc2)cc1. The highest BCUT2D eigenvalue weighted by Gasteiger charge is 2.22. The van der Waals surface area contributed by atoms with Gasteiger partial charge in [-0.3, -0.25) is 4.90 Å². The van der Waals surface area contributed by atoms with Crippen LogP contribution >= 0.6 is 39.5 Å². The van der Waals surface area contributed by atoms with Crippen LogP contribution in [-0.4, -0.2) is 78.6 Å². The van der Waals surface area contributed by atoms with Gasteiger partial charge in [-0.05, 0) is 98.5 Å². The van der Waals surface area contributed by atoms with Crippen LogP contribution in [0.25, 0.3) is 0 Å². The van der Waals surface area contributed by atoms with Gasteiger partial charge in [0, 0.05) is 73.7 Å². The lowest BCUT2D eigenvalue weighted by Gasteiger charge is -2.36. The van der Waals surface area contributed by atoms with Crippen LogP contribution in [0.15, 0.2) is 97.1 Å². The second kappa shape index (κ2) is 22.9. The van der Waals surface area contributed by atoms with E-state index in [9.17, 15) is 17.6 Å². The quantitative estimate of drug-likeness (QED) is 0.103. The first-order valence-corrected chi connectivity index (χ1v) is 21.5. The molecule has 11 heteroatoms. The fourth-order valence-corrected chi connectivity index (χ4v) is 9.41. The number of alkyl halides is 1. The smallest absolute Gasteiger partial charge is 0.123 e. The summed E-state index contributed by atoms with van der Waals surface area (Å²) in [6, 6.07) is 28.6. The number of benzene rings is 4. The Hall–Kier alpha value is -2.38. The van der Waals surface area contributed by atoms with Crippen LogP contribution in [0.4, 0.5) is 17.6 Å². The van der Waals surface area contributed by atoms with Gasteiger partial charge in [-0.1, -0.05) is 64.5 Å². The van der Waals surface area contributed by atoms with Crippen molar-refractivity contribution in [2.24, 2.45) is 0 Å². The van der Waals surface area contributed by atoms with E-state index in [4.69, 9.17) is 0 Å². The summed E-state index contributed by atoms with van der Waals surface area (Å²) in [7, 11) is 0. The molecule has 2 aliphatic rings. The van der Waals surface area contributed by atoms with E-state index < -0.39 is 0 Å². The third-order valence-electron chi connectivity index (χ3n) is 8.85. The Morgan fingerprint density at radius 1 is 0.547 bits per heavy atom. The van der Waals surface area contributed by atoms with Crippen LogP contribution in [0.3, 0.4) is 0 Å². The Bertz CT molecular complexity index is 1490. The van der Waals surface area contributed by atoms with Gasteiger partial charge in [-0.15, -0.1) is 23.5 Å². The van der Waals surface area contributed by atoms with Crippen molar-refractivity contribution in [3.8, 4) is 0 Å².